The lowest BCUT2D eigenvalue weighted by Gasteiger charge is -2.10. The van der Waals surface area contributed by atoms with Crippen LogP contribution in [0.25, 0.3) is 32.3 Å². The molecule has 0 saturated carbocycles. The summed E-state index contributed by atoms with van der Waals surface area (Å²) in [4.78, 5) is 0. The predicted octanol–water partition coefficient (Wildman–Crippen LogP) is 4.69. The summed E-state index contributed by atoms with van der Waals surface area (Å²) in [6.07, 6.45) is 0. The summed E-state index contributed by atoms with van der Waals surface area (Å²) in [6, 6.07) is 20.8. The fraction of sp³-hybridized carbons (Fsp3) is 0.0588. The van der Waals surface area contributed by atoms with Gasteiger partial charge in [-0.25, -0.2) is 0 Å². The van der Waals surface area contributed by atoms with Gasteiger partial charge in [-0.15, -0.1) is 0 Å². The molecule has 79 valence electrons. The van der Waals surface area contributed by atoms with Crippen LogP contribution in [0.4, 0.5) is 0 Å². The van der Waals surface area contributed by atoms with Crippen LogP contribution >= 0.6 is 0 Å². The van der Waals surface area contributed by atoms with Crippen molar-refractivity contribution < 1.29 is 0 Å². The quantitative estimate of drug-likeness (QED) is 0.373. The van der Waals surface area contributed by atoms with Gasteiger partial charge in [0.2, 0.25) is 0 Å². The van der Waals surface area contributed by atoms with Crippen molar-refractivity contribution in [2.75, 3.05) is 0 Å². The highest BCUT2D eigenvalue weighted by Crippen LogP contribution is 2.34. The minimum absolute atomic E-state index is 1.21. The molecule has 17 heavy (non-hydrogen) atoms. The fourth-order valence-electron chi connectivity index (χ4n) is 2.83. The number of aryl methyl sites for hydroxylation is 1. The molecule has 0 aliphatic rings. The Morgan fingerprint density at radius 3 is 2.29 bits per heavy atom. The molecule has 1 radical (unpaired) electrons. The molecule has 0 heterocycles. The predicted molar refractivity (Wildman–Crippen MR) is 73.7 cm³/mol. The second-order valence-corrected chi connectivity index (χ2v) is 4.71. The van der Waals surface area contributed by atoms with Gasteiger partial charge in [-0.1, -0.05) is 48.5 Å². The smallest absolute Gasteiger partial charge is 0.00206 e. The Morgan fingerprint density at radius 2 is 1.47 bits per heavy atom. The van der Waals surface area contributed by atoms with Gasteiger partial charge in [0, 0.05) is 0 Å². The average molecular weight is 215 g/mol. The van der Waals surface area contributed by atoms with Gasteiger partial charge >= 0.3 is 0 Å². The van der Waals surface area contributed by atoms with Crippen molar-refractivity contribution in [2.45, 2.75) is 6.92 Å². The SMILES string of the molecule is Cc1cc2ccc3[c]ccc4ccc(c1)c2c34. The van der Waals surface area contributed by atoms with Gasteiger partial charge in [-0.3, -0.25) is 0 Å². The first kappa shape index (κ1) is 9.00. The lowest BCUT2D eigenvalue weighted by molar-refractivity contribution is 1.52. The van der Waals surface area contributed by atoms with Crippen LogP contribution in [0.15, 0.2) is 48.5 Å². The van der Waals surface area contributed by atoms with E-state index in [9.17, 15) is 0 Å². The topological polar surface area (TPSA) is 0 Å². The van der Waals surface area contributed by atoms with Gasteiger partial charge in [0.05, 0.1) is 0 Å². The summed E-state index contributed by atoms with van der Waals surface area (Å²) < 4.78 is 0. The lowest BCUT2D eigenvalue weighted by Crippen LogP contribution is -1.84. The van der Waals surface area contributed by atoms with Crippen LogP contribution in [0.2, 0.25) is 0 Å². The molecule has 0 fully saturated rings. The minimum atomic E-state index is 1.21. The van der Waals surface area contributed by atoms with Crippen LogP contribution in [0.3, 0.4) is 0 Å². The number of benzene rings is 4. The Hall–Kier alpha value is -2.08. The number of rotatable bonds is 0. The maximum Gasteiger partial charge on any atom is -0.00206 e. The third-order valence-corrected chi connectivity index (χ3v) is 3.53. The summed E-state index contributed by atoms with van der Waals surface area (Å²) >= 11 is 0. The molecule has 0 aromatic heterocycles. The van der Waals surface area contributed by atoms with E-state index in [-0.39, 0.29) is 0 Å². The summed E-state index contributed by atoms with van der Waals surface area (Å²) in [5.74, 6) is 0. The minimum Gasteiger partial charge on any atom is -0.0537 e. The number of hydrogen-bond acceptors (Lipinski definition) is 0. The molecule has 0 unspecified atom stereocenters. The molecule has 0 bridgehead atoms. The molecule has 0 nitrogen and oxygen atoms in total. The van der Waals surface area contributed by atoms with Crippen molar-refractivity contribution in [2.24, 2.45) is 0 Å². The van der Waals surface area contributed by atoms with Gasteiger partial charge in [0.25, 0.3) is 0 Å². The Labute approximate surface area is 99.8 Å². The van der Waals surface area contributed by atoms with Crippen molar-refractivity contribution in [3.8, 4) is 0 Å². The van der Waals surface area contributed by atoms with Crippen molar-refractivity contribution in [3.05, 3.63) is 60.2 Å². The zero-order chi connectivity index (χ0) is 11.4. The monoisotopic (exact) mass is 215 g/mol. The third-order valence-electron chi connectivity index (χ3n) is 3.53. The molecular weight excluding hydrogens is 204 g/mol. The van der Waals surface area contributed by atoms with Crippen LogP contribution in [-0.4, -0.2) is 0 Å². The van der Waals surface area contributed by atoms with E-state index in [0.717, 1.165) is 0 Å². The highest BCUT2D eigenvalue weighted by molar-refractivity contribution is 6.22. The summed E-state index contributed by atoms with van der Waals surface area (Å²) in [6.45, 7) is 2.15. The van der Waals surface area contributed by atoms with Crippen LogP contribution in [0.1, 0.15) is 5.56 Å². The van der Waals surface area contributed by atoms with E-state index in [0.29, 0.717) is 0 Å². The second-order valence-electron chi connectivity index (χ2n) is 4.71. The van der Waals surface area contributed by atoms with Gasteiger partial charge in [-0.05, 0) is 50.9 Å². The molecule has 0 aliphatic heterocycles. The van der Waals surface area contributed by atoms with Crippen LogP contribution in [0, 0.1) is 13.0 Å². The van der Waals surface area contributed by atoms with Crippen LogP contribution < -0.4 is 0 Å². The van der Waals surface area contributed by atoms with Crippen LogP contribution in [-0.2, 0) is 0 Å². The molecule has 0 spiro atoms. The van der Waals surface area contributed by atoms with E-state index < -0.39 is 0 Å². The Bertz CT molecular complexity index is 776. The van der Waals surface area contributed by atoms with Gasteiger partial charge in [-0.2, -0.15) is 0 Å². The highest BCUT2D eigenvalue weighted by atomic mass is 14.1. The summed E-state index contributed by atoms with van der Waals surface area (Å²) in [5.41, 5.74) is 1.32. The highest BCUT2D eigenvalue weighted by Gasteiger charge is 2.07. The van der Waals surface area contributed by atoms with Crippen molar-refractivity contribution in [3.63, 3.8) is 0 Å². The third kappa shape index (κ3) is 1.13. The Kier molecular flexibility index (Phi) is 1.58. The second kappa shape index (κ2) is 2.98. The molecule has 0 amide bonds. The van der Waals surface area contributed by atoms with E-state index in [1.54, 1.807) is 0 Å². The number of hydrogen-bond donors (Lipinski definition) is 0. The lowest BCUT2D eigenvalue weighted by atomic mass is 9.93. The molecule has 0 atom stereocenters. The van der Waals surface area contributed by atoms with E-state index in [1.807, 2.05) is 6.07 Å². The standard InChI is InChI=1S/C17H11/c1-11-9-14-7-5-12-3-2-4-13-6-8-15(10-11)17(14)16(12)13/h2-3,5-10H,1H3. The first-order valence-corrected chi connectivity index (χ1v) is 5.89. The Morgan fingerprint density at radius 1 is 0.765 bits per heavy atom. The maximum absolute atomic E-state index is 3.33. The molecule has 0 saturated heterocycles. The van der Waals surface area contributed by atoms with E-state index in [2.05, 4.69) is 55.5 Å². The summed E-state index contributed by atoms with van der Waals surface area (Å²) in [7, 11) is 0. The maximum atomic E-state index is 3.33. The molecule has 0 aliphatic carbocycles. The molecule has 0 N–H and O–H groups in total. The van der Waals surface area contributed by atoms with Gasteiger partial charge in [0.1, 0.15) is 0 Å². The molecule has 0 heteroatoms. The fourth-order valence-corrected chi connectivity index (χ4v) is 2.83. The molecule has 4 aromatic rings. The Balaban J connectivity index is 2.45. The molecule has 4 rings (SSSR count). The van der Waals surface area contributed by atoms with Crippen molar-refractivity contribution >= 4 is 32.3 Å². The van der Waals surface area contributed by atoms with E-state index in [1.165, 1.54) is 37.9 Å². The first-order valence-electron chi connectivity index (χ1n) is 5.89. The van der Waals surface area contributed by atoms with E-state index >= 15 is 0 Å². The van der Waals surface area contributed by atoms with Crippen LogP contribution in [0.5, 0.6) is 0 Å². The molecule has 4 aromatic carbocycles. The van der Waals surface area contributed by atoms with Crippen molar-refractivity contribution in [1.82, 2.24) is 0 Å². The summed E-state index contributed by atoms with van der Waals surface area (Å²) in [5, 5.41) is 7.91. The van der Waals surface area contributed by atoms with Gasteiger partial charge in [0.15, 0.2) is 0 Å². The normalized spacial score (nSPS) is 11.8. The van der Waals surface area contributed by atoms with E-state index in [4.69, 9.17) is 0 Å². The largest absolute Gasteiger partial charge is 0.0537 e. The first-order chi connectivity index (χ1) is 8.33. The van der Waals surface area contributed by atoms with Gasteiger partial charge < -0.3 is 0 Å². The zero-order valence-corrected chi connectivity index (χ0v) is 9.62. The average Bonchev–Trinajstić information content (AvgIpc) is 2.35. The molecular formula is C17H11. The zero-order valence-electron chi connectivity index (χ0n) is 9.62. The van der Waals surface area contributed by atoms with Crippen molar-refractivity contribution in [1.29, 1.82) is 0 Å².